The summed E-state index contributed by atoms with van der Waals surface area (Å²) in [6.07, 6.45) is 0.180. The van der Waals surface area contributed by atoms with Crippen molar-refractivity contribution in [3.8, 4) is 11.4 Å². The van der Waals surface area contributed by atoms with Gasteiger partial charge in [0.15, 0.2) is 5.82 Å². The quantitative estimate of drug-likeness (QED) is 0.739. The zero-order valence-corrected chi connectivity index (χ0v) is 12.3. The first-order valence-electron chi connectivity index (χ1n) is 7.05. The van der Waals surface area contributed by atoms with Gasteiger partial charge >= 0.3 is 0 Å². The number of tetrazole rings is 1. The van der Waals surface area contributed by atoms with E-state index in [1.165, 1.54) is 0 Å². The van der Waals surface area contributed by atoms with Gasteiger partial charge in [-0.3, -0.25) is 4.79 Å². The predicted octanol–water partition coefficient (Wildman–Crippen LogP) is 1.27. The molecule has 0 bridgehead atoms. The number of nitrogens with zero attached hydrogens (tertiary/aromatic N) is 4. The zero-order valence-electron chi connectivity index (χ0n) is 12.3. The summed E-state index contributed by atoms with van der Waals surface area (Å²) < 4.78 is 7.34. The number of para-hydroxylation sites is 1. The maximum atomic E-state index is 11.0. The van der Waals surface area contributed by atoms with E-state index in [2.05, 4.69) is 15.5 Å². The second-order valence-corrected chi connectivity index (χ2v) is 4.92. The number of ether oxygens (including phenoxy) is 1. The van der Waals surface area contributed by atoms with E-state index in [0.717, 1.165) is 11.3 Å². The summed E-state index contributed by atoms with van der Waals surface area (Å²) in [6.45, 7) is 0.210. The monoisotopic (exact) mass is 309 g/mol. The van der Waals surface area contributed by atoms with Gasteiger partial charge < -0.3 is 10.5 Å². The highest BCUT2D eigenvalue weighted by Crippen LogP contribution is 2.16. The molecule has 1 amide bonds. The number of hydrogen-bond acceptors (Lipinski definition) is 5. The van der Waals surface area contributed by atoms with Crippen LogP contribution in [0, 0.1) is 0 Å². The fraction of sp³-hybridized carbons (Fsp3) is 0.125. The predicted molar refractivity (Wildman–Crippen MR) is 82.8 cm³/mol. The van der Waals surface area contributed by atoms with Gasteiger partial charge in [0.25, 0.3) is 0 Å². The molecule has 0 spiro atoms. The summed E-state index contributed by atoms with van der Waals surface area (Å²) in [5, 5.41) is 11.6. The van der Waals surface area contributed by atoms with Gasteiger partial charge in [-0.25, -0.2) is 0 Å². The number of amides is 1. The largest absolute Gasteiger partial charge is 0.486 e. The number of primary amides is 1. The van der Waals surface area contributed by atoms with Gasteiger partial charge in [0.1, 0.15) is 12.4 Å². The van der Waals surface area contributed by atoms with E-state index in [1.54, 1.807) is 16.8 Å². The van der Waals surface area contributed by atoms with Gasteiger partial charge in [0.2, 0.25) is 5.91 Å². The Bertz CT molecular complexity index is 801. The van der Waals surface area contributed by atoms with E-state index in [-0.39, 0.29) is 18.9 Å². The highest BCUT2D eigenvalue weighted by molar-refractivity contribution is 5.76. The molecule has 0 saturated heterocycles. The molecule has 0 aliphatic carbocycles. The Hall–Kier alpha value is -3.22. The van der Waals surface area contributed by atoms with Crippen LogP contribution in [-0.2, 0) is 17.8 Å². The molecule has 0 unspecified atom stereocenters. The molecular formula is C16H15N5O2. The van der Waals surface area contributed by atoms with E-state index < -0.39 is 0 Å². The minimum absolute atomic E-state index is 0.180. The first-order chi connectivity index (χ1) is 11.2. The normalized spacial score (nSPS) is 10.4. The van der Waals surface area contributed by atoms with Crippen LogP contribution in [0.4, 0.5) is 0 Å². The van der Waals surface area contributed by atoms with Crippen LogP contribution in [0.3, 0.4) is 0 Å². The van der Waals surface area contributed by atoms with Crippen molar-refractivity contribution in [1.29, 1.82) is 0 Å². The molecule has 0 aliphatic rings. The van der Waals surface area contributed by atoms with Crippen LogP contribution in [0.1, 0.15) is 11.4 Å². The minimum atomic E-state index is -0.379. The Morgan fingerprint density at radius 2 is 1.96 bits per heavy atom. The lowest BCUT2D eigenvalue weighted by atomic mass is 10.1. The van der Waals surface area contributed by atoms with Crippen molar-refractivity contribution >= 4 is 5.91 Å². The number of aromatic nitrogens is 4. The van der Waals surface area contributed by atoms with Crippen molar-refractivity contribution in [2.24, 2.45) is 5.73 Å². The van der Waals surface area contributed by atoms with Crippen LogP contribution in [0.5, 0.6) is 5.75 Å². The van der Waals surface area contributed by atoms with Crippen molar-refractivity contribution in [3.05, 3.63) is 66.0 Å². The average molecular weight is 309 g/mol. The molecule has 0 fully saturated rings. The van der Waals surface area contributed by atoms with E-state index in [0.29, 0.717) is 11.6 Å². The molecule has 2 N–H and O–H groups in total. The van der Waals surface area contributed by atoms with Gasteiger partial charge in [-0.2, -0.15) is 4.68 Å². The SMILES string of the molecule is NC(=O)Cc1cccc(OCc2nnnn2-c2ccccc2)c1. The summed E-state index contributed by atoms with van der Waals surface area (Å²) in [6, 6.07) is 16.8. The van der Waals surface area contributed by atoms with E-state index in [1.807, 2.05) is 42.5 Å². The van der Waals surface area contributed by atoms with Crippen LogP contribution in [0.2, 0.25) is 0 Å². The Morgan fingerprint density at radius 3 is 2.74 bits per heavy atom. The topological polar surface area (TPSA) is 95.9 Å². The van der Waals surface area contributed by atoms with Crippen LogP contribution >= 0.6 is 0 Å². The lowest BCUT2D eigenvalue weighted by molar-refractivity contribution is -0.117. The maximum Gasteiger partial charge on any atom is 0.221 e. The van der Waals surface area contributed by atoms with Gasteiger partial charge in [-0.05, 0) is 40.3 Å². The molecule has 7 heteroatoms. The summed E-state index contributed by atoms with van der Waals surface area (Å²) in [5.74, 6) is 0.832. The maximum absolute atomic E-state index is 11.0. The summed E-state index contributed by atoms with van der Waals surface area (Å²) in [7, 11) is 0. The number of carbonyl (C=O) groups excluding carboxylic acids is 1. The molecule has 23 heavy (non-hydrogen) atoms. The van der Waals surface area contributed by atoms with E-state index >= 15 is 0 Å². The summed E-state index contributed by atoms with van der Waals surface area (Å²) in [4.78, 5) is 11.0. The van der Waals surface area contributed by atoms with Crippen molar-refractivity contribution < 1.29 is 9.53 Å². The lowest BCUT2D eigenvalue weighted by Crippen LogP contribution is -2.13. The highest BCUT2D eigenvalue weighted by atomic mass is 16.5. The third kappa shape index (κ3) is 3.70. The number of rotatable bonds is 6. The summed E-state index contributed by atoms with van der Waals surface area (Å²) >= 11 is 0. The van der Waals surface area contributed by atoms with Gasteiger partial charge in [0.05, 0.1) is 12.1 Å². The minimum Gasteiger partial charge on any atom is -0.486 e. The number of nitrogens with two attached hydrogens (primary N) is 1. The molecule has 7 nitrogen and oxygen atoms in total. The van der Waals surface area contributed by atoms with Crippen molar-refractivity contribution in [1.82, 2.24) is 20.2 Å². The second-order valence-electron chi connectivity index (χ2n) is 4.92. The standard InChI is InChI=1S/C16H15N5O2/c17-15(22)10-12-5-4-8-14(9-12)23-11-16-18-19-20-21(16)13-6-2-1-3-7-13/h1-9H,10-11H2,(H2,17,22). The third-order valence-corrected chi connectivity index (χ3v) is 3.18. The van der Waals surface area contributed by atoms with E-state index in [9.17, 15) is 4.79 Å². The lowest BCUT2D eigenvalue weighted by Gasteiger charge is -2.08. The first-order valence-corrected chi connectivity index (χ1v) is 7.05. The van der Waals surface area contributed by atoms with Crippen LogP contribution in [-0.4, -0.2) is 26.1 Å². The number of hydrogen-bond donors (Lipinski definition) is 1. The third-order valence-electron chi connectivity index (χ3n) is 3.18. The molecule has 1 heterocycles. The van der Waals surface area contributed by atoms with Crippen molar-refractivity contribution in [3.63, 3.8) is 0 Å². The second kappa shape index (κ2) is 6.69. The molecule has 2 aromatic carbocycles. The smallest absolute Gasteiger partial charge is 0.221 e. The van der Waals surface area contributed by atoms with Crippen LogP contribution < -0.4 is 10.5 Å². The zero-order chi connectivity index (χ0) is 16.1. The highest BCUT2D eigenvalue weighted by Gasteiger charge is 2.09. The van der Waals surface area contributed by atoms with Gasteiger partial charge in [-0.15, -0.1) is 5.10 Å². The average Bonchev–Trinajstić information content (AvgIpc) is 3.02. The molecule has 116 valence electrons. The molecule has 3 rings (SSSR count). The number of carbonyl (C=O) groups is 1. The Balaban J connectivity index is 1.72. The Kier molecular flexibility index (Phi) is 4.28. The van der Waals surface area contributed by atoms with Gasteiger partial charge in [0, 0.05) is 0 Å². The molecule has 0 atom stereocenters. The van der Waals surface area contributed by atoms with Crippen molar-refractivity contribution in [2.45, 2.75) is 13.0 Å². The molecule has 1 aromatic heterocycles. The molecule has 0 saturated carbocycles. The fourth-order valence-electron chi connectivity index (χ4n) is 2.16. The molecule has 0 aliphatic heterocycles. The van der Waals surface area contributed by atoms with Crippen molar-refractivity contribution in [2.75, 3.05) is 0 Å². The van der Waals surface area contributed by atoms with Gasteiger partial charge in [-0.1, -0.05) is 30.3 Å². The molecular weight excluding hydrogens is 294 g/mol. The molecule has 3 aromatic rings. The first kappa shape index (κ1) is 14.7. The Labute approximate surface area is 132 Å². The number of benzene rings is 2. The van der Waals surface area contributed by atoms with Crippen LogP contribution in [0.25, 0.3) is 5.69 Å². The fourth-order valence-corrected chi connectivity index (χ4v) is 2.16. The Morgan fingerprint density at radius 1 is 1.13 bits per heavy atom. The van der Waals surface area contributed by atoms with Crippen LogP contribution in [0.15, 0.2) is 54.6 Å². The summed E-state index contributed by atoms with van der Waals surface area (Å²) in [5.41, 5.74) is 6.86. The van der Waals surface area contributed by atoms with E-state index in [4.69, 9.17) is 10.5 Å². The molecule has 0 radical (unpaired) electrons.